The first kappa shape index (κ1) is 22.5. The van der Waals surface area contributed by atoms with Gasteiger partial charge in [0.15, 0.2) is 0 Å². The average Bonchev–Trinajstić information content (AvgIpc) is 3.20. The molecule has 1 heterocycles. The van der Waals surface area contributed by atoms with E-state index in [2.05, 4.69) is 12.2 Å². The third-order valence-electron chi connectivity index (χ3n) is 5.79. The minimum Gasteiger partial charge on any atom is -0.465 e. The quantitative estimate of drug-likeness (QED) is 0.666. The number of hydrogen-bond acceptors (Lipinski definition) is 4. The molecule has 3 rings (SSSR count). The van der Waals surface area contributed by atoms with Crippen molar-refractivity contribution >= 4 is 22.4 Å². The first-order chi connectivity index (χ1) is 14.4. The van der Waals surface area contributed by atoms with Crippen LogP contribution in [-0.2, 0) is 42.9 Å². The van der Waals surface area contributed by atoms with Gasteiger partial charge < -0.3 is 9.73 Å². The van der Waals surface area contributed by atoms with Crippen LogP contribution in [0.2, 0.25) is 0 Å². The number of rotatable bonds is 8. The third kappa shape index (κ3) is 4.43. The molecule has 0 aliphatic heterocycles. The molecule has 1 N–H and O–H groups in total. The second-order valence-electron chi connectivity index (χ2n) is 7.82. The Hall–Kier alpha value is -2.21. The fraction of sp³-hybridized carbons (Fsp3) is 0.500. The van der Waals surface area contributed by atoms with E-state index in [1.165, 1.54) is 0 Å². The highest BCUT2D eigenvalue weighted by Crippen LogP contribution is 2.28. The van der Waals surface area contributed by atoms with Gasteiger partial charge in [0.2, 0.25) is 5.43 Å². The number of carbonyl (C=O) groups is 1. The SMILES string of the molecule is CCCCc1oc2c(c(=O)c1C(=O)Nc1c(CC)cc(S(C)=O)cc1CC)CCC2. The van der Waals surface area contributed by atoms with E-state index in [0.717, 1.165) is 53.2 Å². The number of benzene rings is 1. The Balaban J connectivity index is 2.06. The molecular weight excluding hydrogens is 398 g/mol. The van der Waals surface area contributed by atoms with Crippen molar-refractivity contribution in [3.63, 3.8) is 0 Å². The van der Waals surface area contributed by atoms with Gasteiger partial charge in [-0.05, 0) is 55.4 Å². The molecule has 1 aromatic carbocycles. The molecule has 1 aliphatic rings. The minimum absolute atomic E-state index is 0.149. The summed E-state index contributed by atoms with van der Waals surface area (Å²) in [7, 11) is -1.10. The van der Waals surface area contributed by atoms with Crippen molar-refractivity contribution in [3.8, 4) is 0 Å². The van der Waals surface area contributed by atoms with Gasteiger partial charge in [-0.2, -0.15) is 0 Å². The van der Waals surface area contributed by atoms with Gasteiger partial charge in [0.25, 0.3) is 5.91 Å². The van der Waals surface area contributed by atoms with Crippen LogP contribution in [0.25, 0.3) is 0 Å². The number of unbranched alkanes of at least 4 members (excludes halogenated alkanes) is 1. The highest BCUT2D eigenvalue weighted by molar-refractivity contribution is 7.84. The molecular formula is C24H31NO4S. The molecule has 0 bridgehead atoms. The highest BCUT2D eigenvalue weighted by Gasteiger charge is 2.27. The molecule has 30 heavy (non-hydrogen) atoms. The molecule has 0 fully saturated rings. The Morgan fingerprint density at radius 3 is 2.37 bits per heavy atom. The van der Waals surface area contributed by atoms with Crippen LogP contribution >= 0.6 is 0 Å². The van der Waals surface area contributed by atoms with Crippen molar-refractivity contribution in [2.24, 2.45) is 0 Å². The first-order valence-electron chi connectivity index (χ1n) is 10.9. The molecule has 5 nitrogen and oxygen atoms in total. The van der Waals surface area contributed by atoms with E-state index in [4.69, 9.17) is 4.42 Å². The molecule has 162 valence electrons. The number of hydrogen-bond donors (Lipinski definition) is 1. The Morgan fingerprint density at radius 1 is 1.13 bits per heavy atom. The number of nitrogens with one attached hydrogen (secondary N) is 1. The molecule has 1 amide bonds. The number of carbonyl (C=O) groups excluding carboxylic acids is 1. The van der Waals surface area contributed by atoms with Crippen LogP contribution in [0.3, 0.4) is 0 Å². The highest BCUT2D eigenvalue weighted by atomic mass is 32.2. The lowest BCUT2D eigenvalue weighted by molar-refractivity contribution is 0.102. The fourth-order valence-corrected chi connectivity index (χ4v) is 4.70. The van der Waals surface area contributed by atoms with E-state index in [-0.39, 0.29) is 11.0 Å². The van der Waals surface area contributed by atoms with Gasteiger partial charge in [-0.15, -0.1) is 0 Å². The number of aryl methyl sites for hydroxylation is 4. The predicted molar refractivity (Wildman–Crippen MR) is 121 cm³/mol. The van der Waals surface area contributed by atoms with Crippen molar-refractivity contribution in [1.29, 1.82) is 0 Å². The van der Waals surface area contributed by atoms with Crippen molar-refractivity contribution < 1.29 is 13.4 Å². The van der Waals surface area contributed by atoms with E-state index < -0.39 is 16.7 Å². The van der Waals surface area contributed by atoms with Gasteiger partial charge in [-0.25, -0.2) is 0 Å². The standard InChI is InChI=1S/C24H31NO4S/c1-5-8-11-20-21(23(26)18-10-9-12-19(18)29-20)24(27)25-22-15(6-2)13-17(30(4)28)14-16(22)7-3/h13-14H,5-12H2,1-4H3,(H,25,27). The molecule has 0 saturated heterocycles. The van der Waals surface area contributed by atoms with Gasteiger partial charge in [-0.1, -0.05) is 27.2 Å². The van der Waals surface area contributed by atoms with Crippen molar-refractivity contribution in [1.82, 2.24) is 0 Å². The van der Waals surface area contributed by atoms with Gasteiger partial charge in [0, 0.05) is 46.0 Å². The molecule has 0 radical (unpaired) electrons. The largest absolute Gasteiger partial charge is 0.465 e. The Morgan fingerprint density at radius 2 is 1.80 bits per heavy atom. The van der Waals surface area contributed by atoms with Crippen LogP contribution < -0.4 is 10.7 Å². The van der Waals surface area contributed by atoms with Gasteiger partial charge >= 0.3 is 0 Å². The molecule has 1 aliphatic carbocycles. The maximum Gasteiger partial charge on any atom is 0.263 e. The van der Waals surface area contributed by atoms with Crippen LogP contribution in [0.4, 0.5) is 5.69 Å². The van der Waals surface area contributed by atoms with E-state index in [1.807, 2.05) is 26.0 Å². The lowest BCUT2D eigenvalue weighted by atomic mass is 10.0. The Labute approximate surface area is 180 Å². The zero-order chi connectivity index (χ0) is 21.8. The monoisotopic (exact) mass is 429 g/mol. The van der Waals surface area contributed by atoms with Gasteiger partial charge in [0.1, 0.15) is 17.1 Å². The third-order valence-corrected chi connectivity index (χ3v) is 6.69. The van der Waals surface area contributed by atoms with Gasteiger partial charge in [-0.3, -0.25) is 13.8 Å². The molecule has 2 aromatic rings. The van der Waals surface area contributed by atoms with E-state index in [9.17, 15) is 13.8 Å². The summed E-state index contributed by atoms with van der Waals surface area (Å²) in [6, 6.07) is 3.77. The zero-order valence-electron chi connectivity index (χ0n) is 18.4. The summed E-state index contributed by atoms with van der Waals surface area (Å²) >= 11 is 0. The zero-order valence-corrected chi connectivity index (χ0v) is 19.2. The number of amides is 1. The molecule has 1 unspecified atom stereocenters. The topological polar surface area (TPSA) is 76.4 Å². The summed E-state index contributed by atoms with van der Waals surface area (Å²) in [5.74, 6) is 0.850. The van der Waals surface area contributed by atoms with E-state index in [0.29, 0.717) is 37.0 Å². The van der Waals surface area contributed by atoms with Crippen LogP contribution in [0, 0.1) is 0 Å². The van der Waals surface area contributed by atoms with Crippen LogP contribution in [0.5, 0.6) is 0 Å². The maximum atomic E-state index is 13.3. The Bertz CT molecular complexity index is 1010. The van der Waals surface area contributed by atoms with Crippen LogP contribution in [0.15, 0.2) is 26.2 Å². The number of anilines is 1. The summed E-state index contributed by atoms with van der Waals surface area (Å²) in [6.45, 7) is 6.08. The maximum absolute atomic E-state index is 13.3. The first-order valence-corrected chi connectivity index (χ1v) is 12.4. The van der Waals surface area contributed by atoms with Crippen LogP contribution in [0.1, 0.15) is 78.6 Å². The summed E-state index contributed by atoms with van der Waals surface area (Å²) in [5, 5.41) is 3.01. The van der Waals surface area contributed by atoms with E-state index in [1.54, 1.807) is 6.26 Å². The smallest absolute Gasteiger partial charge is 0.263 e. The summed E-state index contributed by atoms with van der Waals surface area (Å²) in [4.78, 5) is 27.3. The van der Waals surface area contributed by atoms with Crippen molar-refractivity contribution in [2.75, 3.05) is 11.6 Å². The lowest BCUT2D eigenvalue weighted by Crippen LogP contribution is -2.27. The van der Waals surface area contributed by atoms with E-state index >= 15 is 0 Å². The number of fused-ring (bicyclic) bond motifs is 1. The Kier molecular flexibility index (Phi) is 7.29. The summed E-state index contributed by atoms with van der Waals surface area (Å²) < 4.78 is 18.1. The molecule has 1 aromatic heterocycles. The predicted octanol–water partition coefficient (Wildman–Crippen LogP) is 4.59. The minimum atomic E-state index is -1.10. The normalized spacial score (nSPS) is 13.9. The van der Waals surface area contributed by atoms with Crippen molar-refractivity contribution in [2.45, 2.75) is 77.0 Å². The molecule has 0 spiro atoms. The van der Waals surface area contributed by atoms with Gasteiger partial charge in [0.05, 0.1) is 0 Å². The summed E-state index contributed by atoms with van der Waals surface area (Å²) in [6.07, 6.45) is 7.76. The average molecular weight is 430 g/mol. The molecule has 6 heteroatoms. The fourth-order valence-electron chi connectivity index (χ4n) is 4.09. The molecule has 0 saturated carbocycles. The van der Waals surface area contributed by atoms with Crippen molar-refractivity contribution in [3.05, 3.63) is 56.1 Å². The van der Waals surface area contributed by atoms with Crippen LogP contribution in [-0.4, -0.2) is 16.4 Å². The second kappa shape index (κ2) is 9.73. The lowest BCUT2D eigenvalue weighted by Gasteiger charge is -2.17. The molecule has 1 atom stereocenters. The summed E-state index contributed by atoms with van der Waals surface area (Å²) in [5.41, 5.74) is 3.20. The second-order valence-corrected chi connectivity index (χ2v) is 9.20.